The van der Waals surface area contributed by atoms with Gasteiger partial charge in [-0.25, -0.2) is 0 Å². The van der Waals surface area contributed by atoms with Gasteiger partial charge in [0.1, 0.15) is 5.60 Å². The van der Waals surface area contributed by atoms with Crippen molar-refractivity contribution in [2.24, 2.45) is 0 Å². The smallest absolute Gasteiger partial charge is 0.254 e. The Balaban J connectivity index is 2.93. The Morgan fingerprint density at radius 2 is 2.05 bits per heavy atom. The molecule has 0 unspecified atom stereocenters. The molecule has 3 nitrogen and oxygen atoms in total. The summed E-state index contributed by atoms with van der Waals surface area (Å²) in [5.41, 5.74) is 1.51. The predicted octanol–water partition coefficient (Wildman–Crippen LogP) is 2.93. The van der Waals surface area contributed by atoms with Crippen LogP contribution in [0.15, 0.2) is 36.9 Å². The van der Waals surface area contributed by atoms with E-state index in [-0.39, 0.29) is 5.91 Å². The van der Waals surface area contributed by atoms with E-state index in [2.05, 4.69) is 6.58 Å². The number of carbonyl (C=O) groups is 1. The van der Waals surface area contributed by atoms with Crippen LogP contribution in [0.2, 0.25) is 0 Å². The van der Waals surface area contributed by atoms with Gasteiger partial charge in [0, 0.05) is 20.2 Å². The van der Waals surface area contributed by atoms with Crippen LogP contribution in [-0.4, -0.2) is 30.1 Å². The number of hydrogen-bond acceptors (Lipinski definition) is 2. The second-order valence-electron chi connectivity index (χ2n) is 5.12. The molecule has 0 fully saturated rings. The predicted molar refractivity (Wildman–Crippen MR) is 77.9 cm³/mol. The first-order valence-corrected chi connectivity index (χ1v) is 6.42. The maximum absolute atomic E-state index is 12.5. The molecule has 3 heteroatoms. The normalized spacial score (nSPS) is 11.2. The van der Waals surface area contributed by atoms with E-state index in [4.69, 9.17) is 4.74 Å². The average Bonchev–Trinajstić information content (AvgIpc) is 2.39. The van der Waals surface area contributed by atoms with Crippen molar-refractivity contribution in [3.8, 4) is 0 Å². The van der Waals surface area contributed by atoms with Crippen LogP contribution in [0.25, 0.3) is 0 Å². The van der Waals surface area contributed by atoms with Crippen LogP contribution in [0.5, 0.6) is 0 Å². The molecule has 0 aliphatic carbocycles. The van der Waals surface area contributed by atoms with Gasteiger partial charge in [-0.1, -0.05) is 30.3 Å². The van der Waals surface area contributed by atoms with Crippen molar-refractivity contribution in [3.63, 3.8) is 0 Å². The fourth-order valence-corrected chi connectivity index (χ4v) is 1.84. The molecule has 19 heavy (non-hydrogen) atoms. The first-order valence-electron chi connectivity index (χ1n) is 6.42. The van der Waals surface area contributed by atoms with Gasteiger partial charge in [-0.2, -0.15) is 0 Å². The Labute approximate surface area is 115 Å². The molecule has 0 saturated heterocycles. The van der Waals surface area contributed by atoms with E-state index in [1.165, 1.54) is 5.56 Å². The first kappa shape index (κ1) is 15.4. The zero-order chi connectivity index (χ0) is 14.5. The first-order chi connectivity index (χ1) is 8.92. The van der Waals surface area contributed by atoms with Crippen molar-refractivity contribution in [3.05, 3.63) is 48.0 Å². The van der Waals surface area contributed by atoms with E-state index in [1.54, 1.807) is 31.9 Å². The molecule has 0 aromatic heterocycles. The molecule has 0 spiro atoms. The fourth-order valence-electron chi connectivity index (χ4n) is 1.84. The number of benzene rings is 1. The number of carbonyl (C=O) groups excluding carboxylic acids is 1. The molecule has 0 bridgehead atoms. The second kappa shape index (κ2) is 6.53. The Morgan fingerprint density at radius 3 is 2.58 bits per heavy atom. The Hall–Kier alpha value is -1.61. The van der Waals surface area contributed by atoms with Gasteiger partial charge in [0.05, 0.1) is 0 Å². The Morgan fingerprint density at radius 1 is 1.42 bits per heavy atom. The lowest BCUT2D eigenvalue weighted by atomic mass is 10.1. The molecular weight excluding hydrogens is 238 g/mol. The summed E-state index contributed by atoms with van der Waals surface area (Å²) in [6, 6.07) is 8.07. The molecule has 0 radical (unpaired) electrons. The maximum atomic E-state index is 12.5. The number of hydrogen-bond donors (Lipinski definition) is 0. The van der Waals surface area contributed by atoms with Gasteiger partial charge < -0.3 is 9.64 Å². The van der Waals surface area contributed by atoms with Crippen molar-refractivity contribution in [2.75, 3.05) is 13.7 Å². The lowest BCUT2D eigenvalue weighted by Gasteiger charge is -2.30. The molecule has 1 amide bonds. The van der Waals surface area contributed by atoms with Crippen LogP contribution in [0, 0.1) is 6.92 Å². The number of rotatable bonds is 6. The molecule has 1 aromatic rings. The van der Waals surface area contributed by atoms with Crippen molar-refractivity contribution in [2.45, 2.75) is 32.9 Å². The molecular formula is C16H23NO2. The fraction of sp³-hybridized carbons (Fsp3) is 0.438. The molecule has 0 saturated carbocycles. The molecule has 0 aliphatic rings. The number of amides is 1. The third-order valence-corrected chi connectivity index (χ3v) is 3.28. The monoisotopic (exact) mass is 261 g/mol. The molecule has 104 valence electrons. The van der Waals surface area contributed by atoms with Gasteiger partial charge in [-0.15, -0.1) is 6.58 Å². The van der Waals surface area contributed by atoms with E-state index >= 15 is 0 Å². The highest BCUT2D eigenvalue weighted by molar-refractivity contribution is 5.84. The molecule has 1 rings (SSSR count). The third-order valence-electron chi connectivity index (χ3n) is 3.28. The molecule has 0 atom stereocenters. The quantitative estimate of drug-likeness (QED) is 0.737. The van der Waals surface area contributed by atoms with Crippen LogP contribution in [0.1, 0.15) is 25.0 Å². The number of ether oxygens (including phenoxy) is 1. The van der Waals surface area contributed by atoms with E-state index in [9.17, 15) is 4.79 Å². The Kier molecular flexibility index (Phi) is 5.31. The van der Waals surface area contributed by atoms with E-state index in [0.29, 0.717) is 13.1 Å². The van der Waals surface area contributed by atoms with Crippen molar-refractivity contribution >= 4 is 5.91 Å². The number of aryl methyl sites for hydroxylation is 1. The van der Waals surface area contributed by atoms with E-state index < -0.39 is 5.60 Å². The SMILES string of the molecule is C=CCN(Cc1ccccc1C)C(=O)C(C)(C)OC. The summed E-state index contributed by atoms with van der Waals surface area (Å²) in [6.07, 6.45) is 1.74. The minimum Gasteiger partial charge on any atom is -0.369 e. The summed E-state index contributed by atoms with van der Waals surface area (Å²) in [6.45, 7) is 10.4. The summed E-state index contributed by atoms with van der Waals surface area (Å²) in [4.78, 5) is 14.2. The third kappa shape index (κ3) is 3.93. The lowest BCUT2D eigenvalue weighted by molar-refractivity contribution is -0.151. The zero-order valence-corrected chi connectivity index (χ0v) is 12.3. The summed E-state index contributed by atoms with van der Waals surface area (Å²) in [5.74, 6) is -0.0295. The number of methoxy groups -OCH3 is 1. The van der Waals surface area contributed by atoms with Crippen LogP contribution < -0.4 is 0 Å². The summed E-state index contributed by atoms with van der Waals surface area (Å²) >= 11 is 0. The lowest BCUT2D eigenvalue weighted by Crippen LogP contribution is -2.46. The van der Waals surface area contributed by atoms with Crippen molar-refractivity contribution < 1.29 is 9.53 Å². The largest absolute Gasteiger partial charge is 0.369 e. The Bertz CT molecular complexity index is 452. The van der Waals surface area contributed by atoms with Crippen LogP contribution in [0.3, 0.4) is 0 Å². The van der Waals surface area contributed by atoms with Crippen LogP contribution >= 0.6 is 0 Å². The van der Waals surface area contributed by atoms with Gasteiger partial charge >= 0.3 is 0 Å². The van der Waals surface area contributed by atoms with Crippen LogP contribution in [0.4, 0.5) is 0 Å². The van der Waals surface area contributed by atoms with Gasteiger partial charge in [0.25, 0.3) is 5.91 Å². The van der Waals surface area contributed by atoms with E-state index in [0.717, 1.165) is 5.56 Å². The van der Waals surface area contributed by atoms with Crippen molar-refractivity contribution in [1.82, 2.24) is 4.90 Å². The maximum Gasteiger partial charge on any atom is 0.254 e. The van der Waals surface area contributed by atoms with E-state index in [1.807, 2.05) is 31.2 Å². The standard InChI is InChI=1S/C16H23NO2/c1-6-11-17(15(18)16(3,4)19-5)12-14-10-8-7-9-13(14)2/h6-10H,1,11-12H2,2-5H3. The molecule has 0 heterocycles. The topological polar surface area (TPSA) is 29.5 Å². The zero-order valence-electron chi connectivity index (χ0n) is 12.3. The summed E-state index contributed by atoms with van der Waals surface area (Å²) in [7, 11) is 1.55. The van der Waals surface area contributed by atoms with Crippen molar-refractivity contribution in [1.29, 1.82) is 0 Å². The highest BCUT2D eigenvalue weighted by Crippen LogP contribution is 2.17. The highest BCUT2D eigenvalue weighted by atomic mass is 16.5. The number of nitrogens with zero attached hydrogens (tertiary/aromatic N) is 1. The molecule has 0 aliphatic heterocycles. The van der Waals surface area contributed by atoms with Gasteiger partial charge in [-0.05, 0) is 31.9 Å². The second-order valence-corrected chi connectivity index (χ2v) is 5.12. The van der Waals surface area contributed by atoms with Crippen LogP contribution in [-0.2, 0) is 16.1 Å². The minimum absolute atomic E-state index is 0.0295. The molecule has 0 N–H and O–H groups in total. The molecule has 1 aromatic carbocycles. The van der Waals surface area contributed by atoms with Gasteiger partial charge in [0.15, 0.2) is 0 Å². The highest BCUT2D eigenvalue weighted by Gasteiger charge is 2.31. The minimum atomic E-state index is -0.814. The van der Waals surface area contributed by atoms with Gasteiger partial charge in [-0.3, -0.25) is 4.79 Å². The van der Waals surface area contributed by atoms with Gasteiger partial charge in [0.2, 0.25) is 0 Å². The summed E-state index contributed by atoms with van der Waals surface area (Å²) in [5, 5.41) is 0. The summed E-state index contributed by atoms with van der Waals surface area (Å²) < 4.78 is 5.27. The average molecular weight is 261 g/mol.